The number of hydrogen-bond donors (Lipinski definition) is 0. The van der Waals surface area contributed by atoms with Gasteiger partial charge in [0.05, 0.1) is 0 Å². The molecule has 1 aliphatic heterocycles. The van der Waals surface area contributed by atoms with E-state index >= 15 is 0 Å². The molecule has 1 heteroatoms. The van der Waals surface area contributed by atoms with Crippen molar-refractivity contribution >= 4 is 11.8 Å². The minimum atomic E-state index is 1.25. The number of aryl methyl sites for hydroxylation is 1. The van der Waals surface area contributed by atoms with Gasteiger partial charge in [0.25, 0.3) is 0 Å². The first-order valence-electron chi connectivity index (χ1n) is 5.59. The van der Waals surface area contributed by atoms with Crippen molar-refractivity contribution in [2.75, 3.05) is 5.75 Å². The summed E-state index contributed by atoms with van der Waals surface area (Å²) in [4.78, 5) is 1.48. The van der Waals surface area contributed by atoms with Gasteiger partial charge in [0, 0.05) is 10.6 Å². The fraction of sp³-hybridized carbons (Fsp3) is 0.538. The maximum Gasteiger partial charge on any atom is 0.0104 e. The lowest BCUT2D eigenvalue weighted by Gasteiger charge is -1.92. The minimum Gasteiger partial charge on any atom is -0.126 e. The summed E-state index contributed by atoms with van der Waals surface area (Å²) in [6.45, 7) is 8.25. The first kappa shape index (κ1) is 13.6. The number of thioether (sulfide) groups is 1. The number of fused-ring (bicyclic) bond motifs is 1. The Hall–Kier alpha value is -0.430. The molecule has 0 aliphatic carbocycles. The first-order valence-corrected chi connectivity index (χ1v) is 6.57. The highest BCUT2D eigenvalue weighted by Crippen LogP contribution is 2.30. The average molecular weight is 210 g/mol. The fourth-order valence-electron chi connectivity index (χ4n) is 1.12. The van der Waals surface area contributed by atoms with Gasteiger partial charge in [-0.3, -0.25) is 0 Å². The molecule has 2 rings (SSSR count). The van der Waals surface area contributed by atoms with Crippen LogP contribution in [0.5, 0.6) is 0 Å². The molecule has 1 aromatic rings. The Labute approximate surface area is 93.1 Å². The highest BCUT2D eigenvalue weighted by atomic mass is 32.2. The molecular formula is C13H22S. The van der Waals surface area contributed by atoms with E-state index in [0.717, 1.165) is 0 Å². The fourth-order valence-corrected chi connectivity index (χ4v) is 2.19. The summed E-state index contributed by atoms with van der Waals surface area (Å²) in [6.07, 6.45) is 2.51. The van der Waals surface area contributed by atoms with Gasteiger partial charge in [-0.15, -0.1) is 11.8 Å². The van der Waals surface area contributed by atoms with Gasteiger partial charge in [0.1, 0.15) is 0 Å². The zero-order chi connectivity index (χ0) is 10.8. The van der Waals surface area contributed by atoms with E-state index in [2.05, 4.69) is 38.1 Å². The second-order valence-electron chi connectivity index (χ2n) is 2.91. The second kappa shape index (κ2) is 9.14. The third-order valence-corrected chi connectivity index (χ3v) is 2.72. The smallest absolute Gasteiger partial charge is 0.0104 e. The van der Waals surface area contributed by atoms with Crippen molar-refractivity contribution in [2.45, 2.75) is 45.4 Å². The van der Waals surface area contributed by atoms with Crippen LogP contribution in [0.1, 0.15) is 39.7 Å². The van der Waals surface area contributed by atoms with Crippen molar-refractivity contribution in [1.29, 1.82) is 0 Å². The van der Waals surface area contributed by atoms with Crippen LogP contribution in [0.2, 0.25) is 0 Å². The molecule has 0 aromatic heterocycles. The predicted molar refractivity (Wildman–Crippen MR) is 68.2 cm³/mol. The lowest BCUT2D eigenvalue weighted by atomic mass is 10.2. The molecule has 0 atom stereocenters. The summed E-state index contributed by atoms with van der Waals surface area (Å²) in [5, 5.41) is 0. The Bertz CT molecular complexity index is 207. The van der Waals surface area contributed by atoms with E-state index in [1.165, 1.54) is 29.1 Å². The molecule has 0 nitrogen and oxygen atoms in total. The molecule has 0 saturated heterocycles. The monoisotopic (exact) mass is 210 g/mol. The van der Waals surface area contributed by atoms with Crippen LogP contribution in [-0.4, -0.2) is 5.75 Å². The average Bonchev–Trinajstić information content (AvgIpc) is 2.69. The molecule has 1 aromatic carbocycles. The van der Waals surface area contributed by atoms with E-state index in [1.54, 1.807) is 0 Å². The SMILES string of the molecule is CC.CCC.c1ccc2c(c1)CCS2. The standard InChI is InChI=1S/C8H8S.C3H8.C2H6/c1-2-4-8-7(3-1)5-6-9-8;1-3-2;1-2/h1-4H,5-6H2;3H2,1-2H3;1-2H3. The van der Waals surface area contributed by atoms with Crippen LogP contribution in [-0.2, 0) is 6.42 Å². The molecule has 0 saturated carbocycles. The number of hydrogen-bond acceptors (Lipinski definition) is 1. The highest BCUT2D eigenvalue weighted by molar-refractivity contribution is 7.99. The summed E-state index contributed by atoms with van der Waals surface area (Å²) in [7, 11) is 0. The number of benzene rings is 1. The minimum absolute atomic E-state index is 1.25. The molecule has 0 fully saturated rings. The van der Waals surface area contributed by atoms with E-state index in [9.17, 15) is 0 Å². The molecule has 0 radical (unpaired) electrons. The molecule has 0 spiro atoms. The van der Waals surface area contributed by atoms with Crippen molar-refractivity contribution in [3.8, 4) is 0 Å². The molecule has 0 bridgehead atoms. The van der Waals surface area contributed by atoms with Crippen LogP contribution in [0, 0.1) is 0 Å². The third kappa shape index (κ3) is 4.71. The Balaban J connectivity index is 0.000000294. The Morgan fingerprint density at radius 2 is 1.71 bits per heavy atom. The van der Waals surface area contributed by atoms with Crippen molar-refractivity contribution < 1.29 is 0 Å². The maximum atomic E-state index is 2.22. The Kier molecular flexibility index (Phi) is 8.86. The van der Waals surface area contributed by atoms with Gasteiger partial charge in [-0.2, -0.15) is 0 Å². The van der Waals surface area contributed by atoms with Crippen LogP contribution >= 0.6 is 11.8 Å². The van der Waals surface area contributed by atoms with E-state index in [1.807, 2.05) is 25.6 Å². The van der Waals surface area contributed by atoms with E-state index in [4.69, 9.17) is 0 Å². The summed E-state index contributed by atoms with van der Waals surface area (Å²) >= 11 is 1.97. The zero-order valence-electron chi connectivity index (χ0n) is 9.84. The largest absolute Gasteiger partial charge is 0.126 e. The van der Waals surface area contributed by atoms with Crippen LogP contribution in [0.3, 0.4) is 0 Å². The second-order valence-corrected chi connectivity index (χ2v) is 4.05. The molecule has 14 heavy (non-hydrogen) atoms. The molecule has 1 heterocycles. The first-order chi connectivity index (χ1) is 6.88. The zero-order valence-corrected chi connectivity index (χ0v) is 10.7. The normalized spacial score (nSPS) is 11.7. The Morgan fingerprint density at radius 1 is 1.14 bits per heavy atom. The summed E-state index contributed by atoms with van der Waals surface area (Å²) < 4.78 is 0. The van der Waals surface area contributed by atoms with Crippen molar-refractivity contribution in [3.05, 3.63) is 29.8 Å². The number of rotatable bonds is 0. The highest BCUT2D eigenvalue weighted by Gasteiger charge is 2.07. The molecule has 0 amide bonds. The lowest BCUT2D eigenvalue weighted by Crippen LogP contribution is -1.76. The predicted octanol–water partition coefficient (Wildman–Crippen LogP) is 4.78. The maximum absolute atomic E-state index is 2.22. The molecule has 80 valence electrons. The van der Waals surface area contributed by atoms with Gasteiger partial charge >= 0.3 is 0 Å². The third-order valence-electron chi connectivity index (χ3n) is 1.60. The van der Waals surface area contributed by atoms with Gasteiger partial charge in [-0.1, -0.05) is 52.3 Å². The molecule has 1 aliphatic rings. The van der Waals surface area contributed by atoms with Gasteiger partial charge in [-0.05, 0) is 18.1 Å². The Morgan fingerprint density at radius 3 is 2.29 bits per heavy atom. The summed E-state index contributed by atoms with van der Waals surface area (Å²) in [5.41, 5.74) is 1.53. The summed E-state index contributed by atoms with van der Waals surface area (Å²) in [5.74, 6) is 1.28. The van der Waals surface area contributed by atoms with E-state index < -0.39 is 0 Å². The van der Waals surface area contributed by atoms with Gasteiger partial charge in [-0.25, -0.2) is 0 Å². The van der Waals surface area contributed by atoms with Gasteiger partial charge in [0.2, 0.25) is 0 Å². The molecule has 0 N–H and O–H groups in total. The van der Waals surface area contributed by atoms with Crippen molar-refractivity contribution in [2.24, 2.45) is 0 Å². The van der Waals surface area contributed by atoms with Crippen molar-refractivity contribution in [3.63, 3.8) is 0 Å². The van der Waals surface area contributed by atoms with Crippen molar-refractivity contribution in [1.82, 2.24) is 0 Å². The van der Waals surface area contributed by atoms with Crippen LogP contribution in [0.15, 0.2) is 29.2 Å². The topological polar surface area (TPSA) is 0 Å². The quantitative estimate of drug-likeness (QED) is 0.594. The lowest BCUT2D eigenvalue weighted by molar-refractivity contribution is 1.09. The summed E-state index contributed by atoms with van der Waals surface area (Å²) in [6, 6.07) is 8.64. The van der Waals surface area contributed by atoms with Gasteiger partial charge in [0.15, 0.2) is 0 Å². The van der Waals surface area contributed by atoms with Crippen LogP contribution in [0.4, 0.5) is 0 Å². The molecule has 0 unspecified atom stereocenters. The van der Waals surface area contributed by atoms with E-state index in [0.29, 0.717) is 0 Å². The van der Waals surface area contributed by atoms with Crippen LogP contribution in [0.25, 0.3) is 0 Å². The van der Waals surface area contributed by atoms with Gasteiger partial charge < -0.3 is 0 Å². The van der Waals surface area contributed by atoms with E-state index in [-0.39, 0.29) is 0 Å². The van der Waals surface area contributed by atoms with Crippen LogP contribution < -0.4 is 0 Å². The molecular weight excluding hydrogens is 188 g/mol.